The normalized spacial score (nSPS) is 10.3. The highest BCUT2D eigenvalue weighted by Gasteiger charge is 2.18. The van der Waals surface area contributed by atoms with E-state index >= 15 is 0 Å². The lowest BCUT2D eigenvalue weighted by atomic mass is 10.2. The molecule has 20 heavy (non-hydrogen) atoms. The molecule has 2 rings (SSSR count). The Bertz CT molecular complexity index is 612. The zero-order chi connectivity index (χ0) is 14.5. The molecule has 0 fully saturated rings. The van der Waals surface area contributed by atoms with Crippen LogP contribution in [0, 0.1) is 17.0 Å². The fraction of sp³-hybridized carbons (Fsp3) is 0.214. The van der Waals surface area contributed by atoms with Crippen LogP contribution in [0.4, 0.5) is 5.69 Å². The molecule has 1 aromatic heterocycles. The van der Waals surface area contributed by atoms with E-state index in [1.54, 1.807) is 31.3 Å². The van der Waals surface area contributed by atoms with E-state index in [4.69, 9.17) is 4.74 Å². The van der Waals surface area contributed by atoms with Crippen LogP contribution in [0.3, 0.4) is 0 Å². The number of aryl methyl sites for hydroxylation is 1. The summed E-state index contributed by atoms with van der Waals surface area (Å²) in [5.74, 6) is 0.564. The zero-order valence-electron chi connectivity index (χ0n) is 11.3. The van der Waals surface area contributed by atoms with Gasteiger partial charge in [0.2, 0.25) is 11.6 Å². The maximum absolute atomic E-state index is 11.0. The van der Waals surface area contributed by atoms with Gasteiger partial charge in [-0.2, -0.15) is 0 Å². The summed E-state index contributed by atoms with van der Waals surface area (Å²) < 4.78 is 5.56. The van der Waals surface area contributed by atoms with Crippen LogP contribution in [0.1, 0.15) is 11.1 Å². The molecule has 0 saturated carbocycles. The number of benzene rings is 1. The fourth-order valence-corrected chi connectivity index (χ4v) is 1.80. The number of nitrogens with one attached hydrogen (secondary N) is 1. The van der Waals surface area contributed by atoms with Gasteiger partial charge >= 0.3 is 5.69 Å². The number of hydrogen-bond donors (Lipinski definition) is 1. The molecular formula is C14H15N3O3. The Morgan fingerprint density at radius 3 is 2.75 bits per heavy atom. The lowest BCUT2D eigenvalue weighted by Crippen LogP contribution is -2.05. The summed E-state index contributed by atoms with van der Waals surface area (Å²) in [4.78, 5) is 14.7. The van der Waals surface area contributed by atoms with E-state index in [-0.39, 0.29) is 11.4 Å². The lowest BCUT2D eigenvalue weighted by Gasteiger charge is -2.08. The van der Waals surface area contributed by atoms with Crippen molar-refractivity contribution in [3.05, 3.63) is 57.8 Å². The SMILES string of the molecule is CNCc1ccc(Oc2c(C)cccc2[N+](=O)[O-])nc1. The lowest BCUT2D eigenvalue weighted by molar-refractivity contribution is -0.385. The molecule has 0 amide bonds. The van der Waals surface area contributed by atoms with Crippen LogP contribution < -0.4 is 10.1 Å². The largest absolute Gasteiger partial charge is 0.432 e. The molecular weight excluding hydrogens is 258 g/mol. The summed E-state index contributed by atoms with van der Waals surface area (Å²) in [5.41, 5.74) is 1.64. The van der Waals surface area contributed by atoms with Crippen molar-refractivity contribution in [1.82, 2.24) is 10.3 Å². The van der Waals surface area contributed by atoms with Crippen molar-refractivity contribution in [3.8, 4) is 11.6 Å². The van der Waals surface area contributed by atoms with Gasteiger partial charge in [-0.25, -0.2) is 4.98 Å². The molecule has 0 aliphatic carbocycles. The second-order valence-electron chi connectivity index (χ2n) is 4.32. The van der Waals surface area contributed by atoms with E-state index in [0.717, 1.165) is 5.56 Å². The average molecular weight is 273 g/mol. The Kier molecular flexibility index (Phi) is 4.27. The van der Waals surface area contributed by atoms with Crippen molar-refractivity contribution in [1.29, 1.82) is 0 Å². The Labute approximate surface area is 116 Å². The topological polar surface area (TPSA) is 77.3 Å². The number of nitro groups is 1. The molecule has 0 radical (unpaired) electrons. The van der Waals surface area contributed by atoms with Crippen molar-refractivity contribution in [2.45, 2.75) is 13.5 Å². The van der Waals surface area contributed by atoms with Crippen molar-refractivity contribution < 1.29 is 9.66 Å². The first-order valence-corrected chi connectivity index (χ1v) is 6.13. The first-order chi connectivity index (χ1) is 9.61. The fourth-order valence-electron chi connectivity index (χ4n) is 1.80. The monoisotopic (exact) mass is 273 g/mol. The maximum Gasteiger partial charge on any atom is 0.311 e. The maximum atomic E-state index is 11.0. The molecule has 0 bridgehead atoms. The Morgan fingerprint density at radius 1 is 1.35 bits per heavy atom. The number of nitrogens with zero attached hydrogens (tertiary/aromatic N) is 2. The molecule has 6 heteroatoms. The molecule has 104 valence electrons. The molecule has 0 aliphatic heterocycles. The van der Waals surface area contributed by atoms with Crippen LogP contribution in [0.2, 0.25) is 0 Å². The predicted molar refractivity (Wildman–Crippen MR) is 74.9 cm³/mol. The molecule has 0 aliphatic rings. The van der Waals surface area contributed by atoms with Crippen LogP contribution in [0.25, 0.3) is 0 Å². The van der Waals surface area contributed by atoms with Gasteiger partial charge in [-0.3, -0.25) is 10.1 Å². The number of aromatic nitrogens is 1. The second kappa shape index (κ2) is 6.12. The number of rotatable bonds is 5. The third kappa shape index (κ3) is 3.10. The van der Waals surface area contributed by atoms with Crippen LogP contribution >= 0.6 is 0 Å². The van der Waals surface area contributed by atoms with Crippen molar-refractivity contribution in [3.63, 3.8) is 0 Å². The van der Waals surface area contributed by atoms with Gasteiger partial charge in [-0.05, 0) is 25.1 Å². The molecule has 0 spiro atoms. The molecule has 1 heterocycles. The third-order valence-electron chi connectivity index (χ3n) is 2.77. The minimum absolute atomic E-state index is 0.0638. The van der Waals surface area contributed by atoms with Gasteiger partial charge in [0.25, 0.3) is 0 Å². The van der Waals surface area contributed by atoms with Crippen LogP contribution in [0.5, 0.6) is 11.6 Å². The van der Waals surface area contributed by atoms with Crippen molar-refractivity contribution in [2.24, 2.45) is 0 Å². The molecule has 1 N–H and O–H groups in total. The average Bonchev–Trinajstić information content (AvgIpc) is 2.43. The smallest absolute Gasteiger partial charge is 0.311 e. The highest BCUT2D eigenvalue weighted by atomic mass is 16.6. The van der Waals surface area contributed by atoms with E-state index in [9.17, 15) is 10.1 Å². The summed E-state index contributed by atoms with van der Waals surface area (Å²) in [7, 11) is 1.85. The quantitative estimate of drug-likeness (QED) is 0.669. The number of nitro benzene ring substituents is 1. The number of para-hydroxylation sites is 1. The van der Waals surface area contributed by atoms with Gasteiger partial charge in [0.1, 0.15) is 0 Å². The highest BCUT2D eigenvalue weighted by Crippen LogP contribution is 2.33. The van der Waals surface area contributed by atoms with Crippen LogP contribution in [-0.4, -0.2) is 17.0 Å². The van der Waals surface area contributed by atoms with E-state index in [1.807, 2.05) is 13.1 Å². The first kappa shape index (κ1) is 14.0. The molecule has 0 atom stereocenters. The van der Waals surface area contributed by atoms with Gasteiger partial charge in [-0.15, -0.1) is 0 Å². The minimum Gasteiger partial charge on any atom is -0.432 e. The second-order valence-corrected chi connectivity index (χ2v) is 4.32. The summed E-state index contributed by atoms with van der Waals surface area (Å²) >= 11 is 0. The standard InChI is InChI=1S/C14H15N3O3/c1-10-4-3-5-12(17(18)19)14(10)20-13-7-6-11(8-15-2)9-16-13/h3-7,9,15H,8H2,1-2H3. The summed E-state index contributed by atoms with van der Waals surface area (Å²) in [5, 5.41) is 14.0. The predicted octanol–water partition coefficient (Wildman–Crippen LogP) is 2.81. The van der Waals surface area contributed by atoms with Crippen molar-refractivity contribution in [2.75, 3.05) is 7.05 Å². The molecule has 1 aromatic carbocycles. The van der Waals surface area contributed by atoms with Gasteiger partial charge < -0.3 is 10.1 Å². The van der Waals surface area contributed by atoms with E-state index < -0.39 is 4.92 Å². The Morgan fingerprint density at radius 2 is 2.15 bits per heavy atom. The molecule has 6 nitrogen and oxygen atoms in total. The van der Waals surface area contributed by atoms with Gasteiger partial charge in [0.05, 0.1) is 4.92 Å². The highest BCUT2D eigenvalue weighted by molar-refractivity contribution is 5.52. The first-order valence-electron chi connectivity index (χ1n) is 6.13. The van der Waals surface area contributed by atoms with Gasteiger partial charge in [0.15, 0.2) is 0 Å². The van der Waals surface area contributed by atoms with Gasteiger partial charge in [0, 0.05) is 24.9 Å². The Balaban J connectivity index is 2.27. The Hall–Kier alpha value is -2.47. The third-order valence-corrected chi connectivity index (χ3v) is 2.77. The summed E-state index contributed by atoms with van der Waals surface area (Å²) in [6.07, 6.45) is 1.68. The van der Waals surface area contributed by atoms with Gasteiger partial charge in [-0.1, -0.05) is 18.2 Å². The van der Waals surface area contributed by atoms with E-state index in [0.29, 0.717) is 18.0 Å². The number of pyridine rings is 1. The van der Waals surface area contributed by atoms with Crippen LogP contribution in [0.15, 0.2) is 36.5 Å². The number of hydrogen-bond acceptors (Lipinski definition) is 5. The molecule has 2 aromatic rings. The minimum atomic E-state index is -0.461. The van der Waals surface area contributed by atoms with E-state index in [1.165, 1.54) is 6.07 Å². The van der Waals surface area contributed by atoms with Crippen LogP contribution in [-0.2, 0) is 6.54 Å². The molecule has 0 saturated heterocycles. The summed E-state index contributed by atoms with van der Waals surface area (Å²) in [6.45, 7) is 2.47. The molecule has 0 unspecified atom stereocenters. The van der Waals surface area contributed by atoms with Crippen molar-refractivity contribution >= 4 is 5.69 Å². The summed E-state index contributed by atoms with van der Waals surface area (Å²) in [6, 6.07) is 8.37. The van der Waals surface area contributed by atoms with E-state index in [2.05, 4.69) is 10.3 Å². The zero-order valence-corrected chi connectivity index (χ0v) is 11.3. The number of ether oxygens (including phenoxy) is 1.